The van der Waals surface area contributed by atoms with Gasteiger partial charge in [0.1, 0.15) is 11.8 Å². The molecule has 2 aliphatic heterocycles. The highest BCUT2D eigenvalue weighted by Crippen LogP contribution is 2.24. The number of Topliss-reactive ketones (excluding diaryl/α,β-unsaturated/α-hetero) is 1. The molecule has 0 spiro atoms. The molecule has 7 heteroatoms. The zero-order valence-corrected chi connectivity index (χ0v) is 15.2. The standard InChI is InChI=1S/C19H25N3O4/c1-13-18(24)22(19(25)20-13)21-10-9-15(12-21)4-3-11-26-17-7-5-16(6-8-17)14(2)23/h5-8,13,15H,3-4,9-12H2,1-2H3,(H,20,25)/t13-,15-/m1/s1. The number of amides is 3. The Bertz CT molecular complexity index is 689. The van der Waals surface area contributed by atoms with Crippen molar-refractivity contribution in [3.8, 4) is 5.75 Å². The minimum atomic E-state index is -0.440. The average Bonchev–Trinajstić information content (AvgIpc) is 3.16. The van der Waals surface area contributed by atoms with Crippen LogP contribution in [-0.4, -0.2) is 53.5 Å². The van der Waals surface area contributed by atoms with Gasteiger partial charge in [-0.2, -0.15) is 5.01 Å². The van der Waals surface area contributed by atoms with Crippen molar-refractivity contribution < 1.29 is 19.1 Å². The monoisotopic (exact) mass is 359 g/mol. The van der Waals surface area contributed by atoms with Crippen LogP contribution < -0.4 is 10.1 Å². The van der Waals surface area contributed by atoms with Crippen molar-refractivity contribution in [3.63, 3.8) is 0 Å². The maximum absolute atomic E-state index is 12.1. The van der Waals surface area contributed by atoms with Crippen molar-refractivity contribution in [2.45, 2.75) is 39.2 Å². The maximum Gasteiger partial charge on any atom is 0.339 e. The Morgan fingerprint density at radius 3 is 2.62 bits per heavy atom. The predicted molar refractivity (Wildman–Crippen MR) is 95.7 cm³/mol. The second kappa shape index (κ2) is 7.86. The van der Waals surface area contributed by atoms with Crippen LogP contribution in [0.25, 0.3) is 0 Å². The van der Waals surface area contributed by atoms with Crippen molar-refractivity contribution in [3.05, 3.63) is 29.8 Å². The molecule has 2 saturated heterocycles. The number of ketones is 1. The Hall–Kier alpha value is -2.41. The van der Waals surface area contributed by atoms with E-state index in [9.17, 15) is 14.4 Å². The van der Waals surface area contributed by atoms with Crippen molar-refractivity contribution in [2.75, 3.05) is 19.7 Å². The number of carbonyl (C=O) groups is 3. The zero-order chi connectivity index (χ0) is 18.7. The van der Waals surface area contributed by atoms with Crippen molar-refractivity contribution in [1.29, 1.82) is 0 Å². The molecule has 2 heterocycles. The molecular formula is C19H25N3O4. The van der Waals surface area contributed by atoms with E-state index in [-0.39, 0.29) is 17.7 Å². The van der Waals surface area contributed by atoms with Gasteiger partial charge in [-0.25, -0.2) is 9.80 Å². The minimum Gasteiger partial charge on any atom is -0.494 e. The molecule has 1 aromatic rings. The number of urea groups is 1. The van der Waals surface area contributed by atoms with Gasteiger partial charge in [0.05, 0.1) is 6.61 Å². The Balaban J connectivity index is 1.39. The van der Waals surface area contributed by atoms with E-state index in [2.05, 4.69) is 5.32 Å². The molecule has 7 nitrogen and oxygen atoms in total. The number of ether oxygens (including phenoxy) is 1. The summed E-state index contributed by atoms with van der Waals surface area (Å²) < 4.78 is 5.72. The van der Waals surface area contributed by atoms with E-state index in [0.717, 1.165) is 38.1 Å². The maximum atomic E-state index is 12.1. The Labute approximate surface area is 153 Å². The van der Waals surface area contributed by atoms with Gasteiger partial charge in [0, 0.05) is 18.7 Å². The number of benzene rings is 1. The molecule has 26 heavy (non-hydrogen) atoms. The van der Waals surface area contributed by atoms with Crippen LogP contribution in [0.4, 0.5) is 4.79 Å². The molecule has 0 unspecified atom stereocenters. The quantitative estimate of drug-likeness (QED) is 0.459. The summed E-state index contributed by atoms with van der Waals surface area (Å²) in [5.41, 5.74) is 0.679. The fraction of sp³-hybridized carbons (Fsp3) is 0.526. The summed E-state index contributed by atoms with van der Waals surface area (Å²) in [5, 5.41) is 5.76. The molecule has 0 radical (unpaired) electrons. The number of hydrogen-bond donors (Lipinski definition) is 1. The lowest BCUT2D eigenvalue weighted by molar-refractivity contribution is -0.137. The van der Waals surface area contributed by atoms with E-state index in [0.29, 0.717) is 18.1 Å². The van der Waals surface area contributed by atoms with Gasteiger partial charge in [0.15, 0.2) is 5.78 Å². The van der Waals surface area contributed by atoms with Crippen LogP contribution in [0, 0.1) is 5.92 Å². The molecule has 0 bridgehead atoms. The molecule has 0 aromatic heterocycles. The molecule has 1 N–H and O–H groups in total. The smallest absolute Gasteiger partial charge is 0.339 e. The molecular weight excluding hydrogens is 334 g/mol. The van der Waals surface area contributed by atoms with E-state index in [1.54, 1.807) is 26.0 Å². The summed E-state index contributed by atoms with van der Waals surface area (Å²) >= 11 is 0. The molecule has 0 aliphatic carbocycles. The van der Waals surface area contributed by atoms with E-state index >= 15 is 0 Å². The van der Waals surface area contributed by atoms with Crippen molar-refractivity contribution in [1.82, 2.24) is 15.3 Å². The van der Waals surface area contributed by atoms with E-state index in [4.69, 9.17) is 4.74 Å². The molecule has 0 saturated carbocycles. The number of nitrogens with one attached hydrogen (secondary N) is 1. The van der Waals surface area contributed by atoms with Crippen LogP contribution in [0.2, 0.25) is 0 Å². The highest BCUT2D eigenvalue weighted by molar-refractivity contribution is 6.03. The second-order valence-corrected chi connectivity index (χ2v) is 6.96. The van der Waals surface area contributed by atoms with Crippen LogP contribution in [-0.2, 0) is 4.79 Å². The van der Waals surface area contributed by atoms with Crippen molar-refractivity contribution in [2.24, 2.45) is 5.92 Å². The predicted octanol–water partition coefficient (Wildman–Crippen LogP) is 2.23. The Kier molecular flexibility index (Phi) is 5.56. The molecule has 1 aromatic carbocycles. The van der Waals surface area contributed by atoms with Gasteiger partial charge in [0.2, 0.25) is 0 Å². The zero-order valence-electron chi connectivity index (χ0n) is 15.2. The van der Waals surface area contributed by atoms with Gasteiger partial charge in [-0.05, 0) is 63.3 Å². The lowest BCUT2D eigenvalue weighted by Gasteiger charge is -2.24. The highest BCUT2D eigenvalue weighted by Gasteiger charge is 2.41. The van der Waals surface area contributed by atoms with Crippen LogP contribution in [0.1, 0.15) is 43.5 Å². The van der Waals surface area contributed by atoms with E-state index in [1.807, 2.05) is 17.1 Å². The van der Waals surface area contributed by atoms with Gasteiger partial charge in [0.25, 0.3) is 5.91 Å². The Morgan fingerprint density at radius 2 is 2.00 bits per heavy atom. The number of carbonyl (C=O) groups excluding carboxylic acids is 3. The Morgan fingerprint density at radius 1 is 1.27 bits per heavy atom. The fourth-order valence-electron chi connectivity index (χ4n) is 3.44. The summed E-state index contributed by atoms with van der Waals surface area (Å²) in [6.45, 7) is 5.30. The lowest BCUT2D eigenvalue weighted by Crippen LogP contribution is -2.45. The van der Waals surface area contributed by atoms with Crippen LogP contribution >= 0.6 is 0 Å². The molecule has 2 atom stereocenters. The summed E-state index contributed by atoms with van der Waals surface area (Å²) in [7, 11) is 0. The normalized spacial score (nSPS) is 23.4. The lowest BCUT2D eigenvalue weighted by atomic mass is 10.0. The summed E-state index contributed by atoms with van der Waals surface area (Å²) in [6, 6.07) is 6.40. The van der Waals surface area contributed by atoms with E-state index < -0.39 is 6.04 Å². The molecule has 140 valence electrons. The molecule has 3 amide bonds. The van der Waals surface area contributed by atoms with Crippen LogP contribution in [0.15, 0.2) is 24.3 Å². The number of hydrazine groups is 1. The summed E-state index contributed by atoms with van der Waals surface area (Å²) in [4.78, 5) is 35.2. The van der Waals surface area contributed by atoms with Gasteiger partial charge >= 0.3 is 6.03 Å². The third-order valence-corrected chi connectivity index (χ3v) is 4.95. The SMILES string of the molecule is CC(=O)c1ccc(OCCC[C@@H]2CCN(N3C(=O)N[C@H](C)C3=O)C2)cc1. The average molecular weight is 359 g/mol. The highest BCUT2D eigenvalue weighted by atomic mass is 16.5. The first-order valence-corrected chi connectivity index (χ1v) is 9.09. The molecule has 3 rings (SSSR count). The number of rotatable bonds is 7. The topological polar surface area (TPSA) is 79.0 Å². The first-order chi connectivity index (χ1) is 12.5. The number of hydrogen-bond acceptors (Lipinski definition) is 5. The fourth-order valence-corrected chi connectivity index (χ4v) is 3.44. The number of imide groups is 1. The van der Waals surface area contributed by atoms with Crippen molar-refractivity contribution >= 4 is 17.7 Å². The minimum absolute atomic E-state index is 0.0434. The second-order valence-electron chi connectivity index (χ2n) is 6.96. The van der Waals surface area contributed by atoms with Crippen LogP contribution in [0.5, 0.6) is 5.75 Å². The van der Waals surface area contributed by atoms with Gasteiger partial charge in [-0.1, -0.05) is 0 Å². The third kappa shape index (κ3) is 4.04. The molecule has 2 fully saturated rings. The summed E-state index contributed by atoms with van der Waals surface area (Å²) in [6.07, 6.45) is 2.86. The first-order valence-electron chi connectivity index (χ1n) is 9.09. The first kappa shape index (κ1) is 18.4. The largest absolute Gasteiger partial charge is 0.494 e. The third-order valence-electron chi connectivity index (χ3n) is 4.95. The number of nitrogens with zero attached hydrogens (tertiary/aromatic N) is 2. The van der Waals surface area contributed by atoms with Crippen LogP contribution in [0.3, 0.4) is 0 Å². The molecule has 2 aliphatic rings. The van der Waals surface area contributed by atoms with Gasteiger partial charge in [-0.3, -0.25) is 9.59 Å². The van der Waals surface area contributed by atoms with Gasteiger partial charge in [-0.15, -0.1) is 0 Å². The van der Waals surface area contributed by atoms with Gasteiger partial charge < -0.3 is 10.1 Å². The summed E-state index contributed by atoms with van der Waals surface area (Å²) in [5.74, 6) is 1.08. The van der Waals surface area contributed by atoms with E-state index in [1.165, 1.54) is 5.01 Å².